The molecule has 0 atom stereocenters. The number of hydrogen-bond donors (Lipinski definition) is 1. The molecule has 0 saturated carbocycles. The van der Waals surface area contributed by atoms with Gasteiger partial charge in [-0.1, -0.05) is 23.2 Å². The van der Waals surface area contributed by atoms with E-state index in [2.05, 4.69) is 9.72 Å². The van der Waals surface area contributed by atoms with Gasteiger partial charge in [-0.15, -0.1) is 13.2 Å². The number of ether oxygens (including phenoxy) is 1. The molecule has 0 radical (unpaired) electrons. The molecule has 0 saturated heterocycles. The van der Waals surface area contributed by atoms with Crippen molar-refractivity contribution in [2.24, 2.45) is 0 Å². The maximum Gasteiger partial charge on any atom is 0.573 e. The van der Waals surface area contributed by atoms with Crippen molar-refractivity contribution < 1.29 is 27.8 Å². The third-order valence-corrected chi connectivity index (χ3v) is 3.20. The summed E-state index contributed by atoms with van der Waals surface area (Å²) in [6.45, 7) is 0. The lowest BCUT2D eigenvalue weighted by Gasteiger charge is -2.10. The molecule has 0 amide bonds. The van der Waals surface area contributed by atoms with Gasteiger partial charge in [-0.25, -0.2) is 4.79 Å². The standard InChI is InChI=1S/C13H6Cl2F3NO3/c14-8-5-19-11(10(15)9(8)12(20)21)6-1-3-7(4-2-6)22-13(16,17)18/h1-5H,(H,20,21). The first-order valence-electron chi connectivity index (χ1n) is 5.62. The maximum absolute atomic E-state index is 12.1. The van der Waals surface area contributed by atoms with Gasteiger partial charge in [0.2, 0.25) is 0 Å². The second-order valence-electron chi connectivity index (χ2n) is 4.02. The van der Waals surface area contributed by atoms with Crippen LogP contribution in [0.4, 0.5) is 13.2 Å². The number of alkyl halides is 3. The Morgan fingerprint density at radius 2 is 1.77 bits per heavy atom. The Hall–Kier alpha value is -1.99. The summed E-state index contributed by atoms with van der Waals surface area (Å²) >= 11 is 11.7. The van der Waals surface area contributed by atoms with Gasteiger partial charge in [0, 0.05) is 11.8 Å². The Bertz CT molecular complexity index is 718. The molecule has 4 nitrogen and oxygen atoms in total. The first kappa shape index (κ1) is 16.4. The van der Waals surface area contributed by atoms with Gasteiger partial charge in [-0.05, 0) is 24.3 Å². The van der Waals surface area contributed by atoms with Gasteiger partial charge >= 0.3 is 12.3 Å². The molecule has 9 heteroatoms. The molecule has 2 aromatic rings. The molecule has 2 rings (SSSR count). The number of hydrogen-bond acceptors (Lipinski definition) is 3. The number of halogens is 5. The van der Waals surface area contributed by atoms with Crippen LogP contribution in [0.2, 0.25) is 10.0 Å². The third kappa shape index (κ3) is 3.61. The number of carbonyl (C=O) groups is 1. The Labute approximate surface area is 132 Å². The molecule has 0 aliphatic rings. The highest BCUT2D eigenvalue weighted by Crippen LogP contribution is 2.34. The summed E-state index contributed by atoms with van der Waals surface area (Å²) in [5.41, 5.74) is 0.0738. The highest BCUT2D eigenvalue weighted by Gasteiger charge is 2.31. The molecule has 0 fully saturated rings. The van der Waals surface area contributed by atoms with Crippen LogP contribution in [0.5, 0.6) is 5.75 Å². The van der Waals surface area contributed by atoms with Crippen molar-refractivity contribution in [3.05, 3.63) is 46.1 Å². The van der Waals surface area contributed by atoms with Crippen molar-refractivity contribution in [2.75, 3.05) is 0 Å². The van der Waals surface area contributed by atoms with E-state index in [1.807, 2.05) is 0 Å². The van der Waals surface area contributed by atoms with Gasteiger partial charge in [-0.3, -0.25) is 4.98 Å². The van der Waals surface area contributed by atoms with Crippen LogP contribution in [0.25, 0.3) is 11.3 Å². The number of rotatable bonds is 3. The minimum atomic E-state index is -4.80. The molecule has 1 N–H and O–H groups in total. The van der Waals surface area contributed by atoms with Crippen LogP contribution in [0.3, 0.4) is 0 Å². The molecule has 0 aliphatic heterocycles. The van der Waals surface area contributed by atoms with E-state index in [0.29, 0.717) is 5.56 Å². The van der Waals surface area contributed by atoms with Crippen LogP contribution < -0.4 is 4.74 Å². The summed E-state index contributed by atoms with van der Waals surface area (Å²) in [6, 6.07) is 4.68. The molecular weight excluding hydrogens is 346 g/mol. The zero-order valence-corrected chi connectivity index (χ0v) is 12.0. The van der Waals surface area contributed by atoms with Crippen LogP contribution in [0.1, 0.15) is 10.4 Å². The van der Waals surface area contributed by atoms with E-state index in [4.69, 9.17) is 28.3 Å². The molecule has 0 spiro atoms. The number of aromatic carboxylic acids is 1. The molecule has 0 unspecified atom stereocenters. The summed E-state index contributed by atoms with van der Waals surface area (Å²) in [4.78, 5) is 15.0. The van der Waals surface area contributed by atoms with Crippen molar-refractivity contribution in [3.63, 3.8) is 0 Å². The summed E-state index contributed by atoms with van der Waals surface area (Å²) in [5.74, 6) is -1.75. The topological polar surface area (TPSA) is 59.4 Å². The SMILES string of the molecule is O=C(O)c1c(Cl)cnc(-c2ccc(OC(F)(F)F)cc2)c1Cl. The highest BCUT2D eigenvalue weighted by atomic mass is 35.5. The predicted molar refractivity (Wildman–Crippen MR) is 73.3 cm³/mol. The van der Waals surface area contributed by atoms with Gasteiger partial charge in [0.25, 0.3) is 0 Å². The van der Waals surface area contributed by atoms with Gasteiger partial charge in [0.05, 0.1) is 15.7 Å². The Morgan fingerprint density at radius 3 is 2.27 bits per heavy atom. The number of benzene rings is 1. The maximum atomic E-state index is 12.1. The monoisotopic (exact) mass is 351 g/mol. The molecule has 116 valence electrons. The van der Waals surface area contributed by atoms with Crippen LogP contribution in [0, 0.1) is 0 Å². The fourth-order valence-electron chi connectivity index (χ4n) is 1.68. The number of aromatic nitrogens is 1. The van der Waals surface area contributed by atoms with E-state index >= 15 is 0 Å². The van der Waals surface area contributed by atoms with Crippen LogP contribution in [-0.2, 0) is 0 Å². The summed E-state index contributed by atoms with van der Waals surface area (Å²) in [7, 11) is 0. The second kappa shape index (κ2) is 6.02. The molecule has 1 aromatic carbocycles. The van der Waals surface area contributed by atoms with Crippen molar-refractivity contribution in [1.82, 2.24) is 4.98 Å². The zero-order chi connectivity index (χ0) is 16.5. The Morgan fingerprint density at radius 1 is 1.18 bits per heavy atom. The van der Waals surface area contributed by atoms with E-state index in [1.165, 1.54) is 12.1 Å². The lowest BCUT2D eigenvalue weighted by Crippen LogP contribution is -2.16. The Balaban J connectivity index is 2.41. The van der Waals surface area contributed by atoms with E-state index in [0.717, 1.165) is 18.3 Å². The predicted octanol–water partition coefficient (Wildman–Crippen LogP) is 4.65. The van der Waals surface area contributed by atoms with Crippen molar-refractivity contribution in [3.8, 4) is 17.0 Å². The number of carboxylic acid groups (broad SMARTS) is 1. The van der Waals surface area contributed by atoms with E-state index < -0.39 is 18.1 Å². The molecule has 1 heterocycles. The minimum absolute atomic E-state index is 0.0852. The summed E-state index contributed by atoms with van der Waals surface area (Å²) in [5, 5.41) is 8.70. The largest absolute Gasteiger partial charge is 0.573 e. The number of pyridine rings is 1. The van der Waals surface area contributed by atoms with Crippen LogP contribution in [-0.4, -0.2) is 22.4 Å². The molecular formula is C13H6Cl2F3NO3. The molecule has 1 aromatic heterocycles. The van der Waals surface area contributed by atoms with Crippen LogP contribution in [0.15, 0.2) is 30.5 Å². The van der Waals surface area contributed by atoms with E-state index in [-0.39, 0.29) is 21.3 Å². The lowest BCUT2D eigenvalue weighted by molar-refractivity contribution is -0.274. The van der Waals surface area contributed by atoms with Gasteiger partial charge in [-0.2, -0.15) is 0 Å². The molecule has 22 heavy (non-hydrogen) atoms. The van der Waals surface area contributed by atoms with Crippen molar-refractivity contribution >= 4 is 29.2 Å². The quantitative estimate of drug-likeness (QED) is 0.874. The van der Waals surface area contributed by atoms with Crippen molar-refractivity contribution in [2.45, 2.75) is 6.36 Å². The van der Waals surface area contributed by atoms with E-state index in [1.54, 1.807) is 0 Å². The van der Waals surface area contributed by atoms with Crippen molar-refractivity contribution in [1.29, 1.82) is 0 Å². The van der Waals surface area contributed by atoms with Gasteiger partial charge < -0.3 is 9.84 Å². The fourth-order valence-corrected chi connectivity index (χ4v) is 2.29. The number of nitrogens with zero attached hydrogens (tertiary/aromatic N) is 1. The Kier molecular flexibility index (Phi) is 4.48. The first-order valence-corrected chi connectivity index (χ1v) is 6.38. The average Bonchev–Trinajstić information content (AvgIpc) is 2.38. The van der Waals surface area contributed by atoms with E-state index in [9.17, 15) is 18.0 Å². The summed E-state index contributed by atoms with van der Waals surface area (Å²) in [6.07, 6.45) is -3.69. The second-order valence-corrected chi connectivity index (χ2v) is 4.81. The molecule has 0 bridgehead atoms. The summed E-state index contributed by atoms with van der Waals surface area (Å²) < 4.78 is 40.0. The number of carboxylic acids is 1. The van der Waals surface area contributed by atoms with Crippen LogP contribution >= 0.6 is 23.2 Å². The zero-order valence-electron chi connectivity index (χ0n) is 10.5. The highest BCUT2D eigenvalue weighted by molar-refractivity contribution is 6.40. The van der Waals surface area contributed by atoms with Gasteiger partial charge in [0.15, 0.2) is 0 Å². The third-order valence-electron chi connectivity index (χ3n) is 2.55. The lowest BCUT2D eigenvalue weighted by atomic mass is 10.1. The normalized spacial score (nSPS) is 11.3. The smallest absolute Gasteiger partial charge is 0.478 e. The minimum Gasteiger partial charge on any atom is -0.478 e. The van der Waals surface area contributed by atoms with Gasteiger partial charge in [0.1, 0.15) is 11.3 Å². The molecule has 0 aliphatic carbocycles. The average molecular weight is 352 g/mol. The fraction of sp³-hybridized carbons (Fsp3) is 0.0769. The first-order chi connectivity index (χ1) is 10.2.